The van der Waals surface area contributed by atoms with Crippen molar-refractivity contribution in [2.45, 2.75) is 13.3 Å². The van der Waals surface area contributed by atoms with Crippen LogP contribution in [0.2, 0.25) is 5.02 Å². The van der Waals surface area contributed by atoms with E-state index in [1.807, 2.05) is 23.1 Å². The van der Waals surface area contributed by atoms with E-state index in [4.69, 9.17) is 11.6 Å². The van der Waals surface area contributed by atoms with Gasteiger partial charge in [-0.3, -0.25) is 9.59 Å². The lowest BCUT2D eigenvalue weighted by molar-refractivity contribution is -0.131. The van der Waals surface area contributed by atoms with Crippen molar-refractivity contribution in [1.82, 2.24) is 9.88 Å². The van der Waals surface area contributed by atoms with E-state index >= 15 is 0 Å². The highest BCUT2D eigenvalue weighted by molar-refractivity contribution is 6.30. The second kappa shape index (κ2) is 8.86. The van der Waals surface area contributed by atoms with E-state index in [0.717, 1.165) is 24.6 Å². The van der Waals surface area contributed by atoms with Crippen molar-refractivity contribution in [2.75, 3.05) is 42.5 Å². The van der Waals surface area contributed by atoms with Crippen LogP contribution in [-0.2, 0) is 9.59 Å². The molecule has 0 spiro atoms. The molecule has 2 aromatic rings. The molecule has 1 aliphatic heterocycles. The summed E-state index contributed by atoms with van der Waals surface area (Å²) in [5.41, 5.74) is 0.750. The summed E-state index contributed by atoms with van der Waals surface area (Å²) in [5.74, 6) is 0.913. The van der Waals surface area contributed by atoms with Crippen molar-refractivity contribution >= 4 is 34.9 Å². The highest BCUT2D eigenvalue weighted by Gasteiger charge is 2.22. The molecule has 142 valence electrons. The van der Waals surface area contributed by atoms with Crippen LogP contribution >= 0.6 is 11.6 Å². The van der Waals surface area contributed by atoms with Crippen molar-refractivity contribution < 1.29 is 9.59 Å². The minimum absolute atomic E-state index is 0.0656. The van der Waals surface area contributed by atoms with Gasteiger partial charge in [0, 0.05) is 63.0 Å². The molecule has 1 aliphatic rings. The van der Waals surface area contributed by atoms with Crippen LogP contribution in [0.25, 0.3) is 0 Å². The first-order valence-corrected chi connectivity index (χ1v) is 9.40. The molecule has 0 bridgehead atoms. The lowest BCUT2D eigenvalue weighted by Crippen LogP contribution is -2.49. The van der Waals surface area contributed by atoms with Crippen LogP contribution in [0.4, 0.5) is 11.5 Å². The Bertz CT molecular complexity index is 774. The number of halogens is 1. The maximum Gasteiger partial charge on any atom is 0.224 e. The number of rotatable bonds is 5. The van der Waals surface area contributed by atoms with Gasteiger partial charge in [-0.15, -0.1) is 0 Å². The van der Waals surface area contributed by atoms with Gasteiger partial charge in [0.25, 0.3) is 0 Å². The number of piperazine rings is 1. The number of aromatic nitrogens is 1. The van der Waals surface area contributed by atoms with Crippen molar-refractivity contribution in [1.29, 1.82) is 0 Å². The number of carbonyl (C=O) groups excluding carboxylic acids is 2. The summed E-state index contributed by atoms with van der Waals surface area (Å²) in [6.07, 6.45) is 2.08. The predicted octanol–water partition coefficient (Wildman–Crippen LogP) is 2.83. The van der Waals surface area contributed by atoms with Crippen LogP contribution in [0.3, 0.4) is 0 Å². The minimum atomic E-state index is -0.0925. The number of hydrogen-bond acceptors (Lipinski definition) is 4. The zero-order valence-corrected chi connectivity index (χ0v) is 16.1. The summed E-state index contributed by atoms with van der Waals surface area (Å²) in [6.45, 7) is 4.71. The average molecular weight is 387 g/mol. The van der Waals surface area contributed by atoms with Crippen molar-refractivity contribution in [3.05, 3.63) is 53.7 Å². The molecule has 0 aliphatic carbocycles. The summed E-state index contributed by atoms with van der Waals surface area (Å²) in [7, 11) is 0. The fraction of sp³-hybridized carbons (Fsp3) is 0.350. The Kier molecular flexibility index (Phi) is 6.29. The Morgan fingerprint density at radius 2 is 1.78 bits per heavy atom. The quantitative estimate of drug-likeness (QED) is 0.792. The molecular weight excluding hydrogens is 364 g/mol. The second-order valence-corrected chi connectivity index (χ2v) is 6.89. The smallest absolute Gasteiger partial charge is 0.224 e. The molecule has 0 saturated carbocycles. The standard InChI is InChI=1S/C20H23ClN4O2/c1-16(26)25(18-7-5-17(21)6-8-18)11-9-20(27)24-14-12-23(13-15-24)19-4-2-3-10-22-19/h2-8,10H,9,11-15H2,1H3. The van der Waals surface area contributed by atoms with Crippen LogP contribution in [0.5, 0.6) is 0 Å². The van der Waals surface area contributed by atoms with Gasteiger partial charge < -0.3 is 14.7 Å². The Morgan fingerprint density at radius 1 is 1.07 bits per heavy atom. The lowest BCUT2D eigenvalue weighted by Gasteiger charge is -2.35. The van der Waals surface area contributed by atoms with Crippen LogP contribution < -0.4 is 9.80 Å². The maximum absolute atomic E-state index is 12.6. The average Bonchev–Trinajstić information content (AvgIpc) is 2.70. The van der Waals surface area contributed by atoms with E-state index in [2.05, 4.69) is 9.88 Å². The number of amides is 2. The topological polar surface area (TPSA) is 56.8 Å². The summed E-state index contributed by atoms with van der Waals surface area (Å²) in [6, 6.07) is 12.9. The minimum Gasteiger partial charge on any atom is -0.353 e. The molecule has 27 heavy (non-hydrogen) atoms. The van der Waals surface area contributed by atoms with E-state index in [1.54, 1.807) is 35.4 Å². The van der Waals surface area contributed by atoms with Gasteiger partial charge >= 0.3 is 0 Å². The number of pyridine rings is 1. The molecule has 1 aromatic carbocycles. The molecule has 1 saturated heterocycles. The van der Waals surface area contributed by atoms with E-state index < -0.39 is 0 Å². The van der Waals surface area contributed by atoms with Gasteiger partial charge in [-0.05, 0) is 36.4 Å². The predicted molar refractivity (Wildman–Crippen MR) is 107 cm³/mol. The second-order valence-electron chi connectivity index (χ2n) is 6.45. The fourth-order valence-corrected chi connectivity index (χ4v) is 3.31. The number of hydrogen-bond donors (Lipinski definition) is 0. The Morgan fingerprint density at radius 3 is 2.37 bits per heavy atom. The molecule has 0 atom stereocenters. The maximum atomic E-state index is 12.6. The largest absolute Gasteiger partial charge is 0.353 e. The third-order valence-corrected chi connectivity index (χ3v) is 4.93. The van der Waals surface area contributed by atoms with Crippen LogP contribution in [0.15, 0.2) is 48.7 Å². The summed E-state index contributed by atoms with van der Waals surface area (Å²) in [5, 5.41) is 0.615. The van der Waals surface area contributed by atoms with Crippen LogP contribution in [0.1, 0.15) is 13.3 Å². The third kappa shape index (κ3) is 4.98. The molecule has 1 fully saturated rings. The van der Waals surface area contributed by atoms with Gasteiger partial charge in [0.05, 0.1) is 0 Å². The van der Waals surface area contributed by atoms with Gasteiger partial charge in [0.1, 0.15) is 5.82 Å². The summed E-state index contributed by atoms with van der Waals surface area (Å²) >= 11 is 5.91. The van der Waals surface area contributed by atoms with Gasteiger partial charge in [-0.1, -0.05) is 17.7 Å². The first kappa shape index (κ1) is 19.2. The first-order chi connectivity index (χ1) is 13.0. The van der Waals surface area contributed by atoms with Crippen LogP contribution in [-0.4, -0.2) is 54.4 Å². The SMILES string of the molecule is CC(=O)N(CCC(=O)N1CCN(c2ccccn2)CC1)c1ccc(Cl)cc1. The molecule has 0 radical (unpaired) electrons. The van der Waals surface area contributed by atoms with E-state index in [0.29, 0.717) is 31.1 Å². The fourth-order valence-electron chi connectivity index (χ4n) is 3.18. The molecule has 7 heteroatoms. The Balaban J connectivity index is 1.53. The number of carbonyl (C=O) groups is 2. The lowest BCUT2D eigenvalue weighted by atomic mass is 10.2. The third-order valence-electron chi connectivity index (χ3n) is 4.67. The molecule has 6 nitrogen and oxygen atoms in total. The van der Waals surface area contributed by atoms with Gasteiger partial charge in [-0.2, -0.15) is 0 Å². The van der Waals surface area contributed by atoms with E-state index in [-0.39, 0.29) is 11.8 Å². The highest BCUT2D eigenvalue weighted by Crippen LogP contribution is 2.19. The van der Waals surface area contributed by atoms with Crippen LogP contribution in [0, 0.1) is 0 Å². The highest BCUT2D eigenvalue weighted by atomic mass is 35.5. The number of benzene rings is 1. The molecule has 2 heterocycles. The zero-order chi connectivity index (χ0) is 19.2. The Labute approximate surface area is 164 Å². The number of anilines is 2. The summed E-state index contributed by atoms with van der Waals surface area (Å²) < 4.78 is 0. The monoisotopic (exact) mass is 386 g/mol. The summed E-state index contributed by atoms with van der Waals surface area (Å²) in [4.78, 5) is 34.6. The first-order valence-electron chi connectivity index (χ1n) is 9.02. The van der Waals surface area contributed by atoms with E-state index in [1.165, 1.54) is 6.92 Å². The molecule has 0 unspecified atom stereocenters. The van der Waals surface area contributed by atoms with Crippen molar-refractivity contribution in [3.63, 3.8) is 0 Å². The molecule has 3 rings (SSSR count). The normalized spacial score (nSPS) is 14.1. The molecule has 0 N–H and O–H groups in total. The molecule has 2 amide bonds. The van der Waals surface area contributed by atoms with Gasteiger partial charge in [0.2, 0.25) is 11.8 Å². The van der Waals surface area contributed by atoms with Gasteiger partial charge in [0.15, 0.2) is 0 Å². The van der Waals surface area contributed by atoms with Crippen molar-refractivity contribution in [3.8, 4) is 0 Å². The van der Waals surface area contributed by atoms with E-state index in [9.17, 15) is 9.59 Å². The zero-order valence-electron chi connectivity index (χ0n) is 15.3. The molecular formula is C20H23ClN4O2. The molecule has 1 aromatic heterocycles. The van der Waals surface area contributed by atoms with Crippen molar-refractivity contribution in [2.24, 2.45) is 0 Å². The van der Waals surface area contributed by atoms with Gasteiger partial charge in [-0.25, -0.2) is 4.98 Å². The Hall–Kier alpha value is -2.60. The number of nitrogens with zero attached hydrogens (tertiary/aromatic N) is 4.